The van der Waals surface area contributed by atoms with E-state index in [-0.39, 0.29) is 0 Å². The number of benzene rings is 2. The minimum absolute atomic E-state index is 0.368. The van der Waals surface area contributed by atoms with Crippen molar-refractivity contribution >= 4 is 29.0 Å². The van der Waals surface area contributed by atoms with Gasteiger partial charge in [0.1, 0.15) is 0 Å². The highest BCUT2D eigenvalue weighted by Gasteiger charge is 2.17. The summed E-state index contributed by atoms with van der Waals surface area (Å²) in [6.07, 6.45) is 0. The second-order valence-electron chi connectivity index (χ2n) is 4.56. The third kappa shape index (κ3) is 3.06. The molecule has 0 unspecified atom stereocenters. The van der Waals surface area contributed by atoms with Crippen molar-refractivity contribution in [1.82, 2.24) is 0 Å². The maximum absolute atomic E-state index is 12.0. The third-order valence-electron chi connectivity index (χ3n) is 3.04. The van der Waals surface area contributed by atoms with Gasteiger partial charge in [0, 0.05) is 16.3 Å². The first-order valence-electron chi connectivity index (χ1n) is 6.16. The monoisotopic (exact) mass is 287 g/mol. The lowest BCUT2D eigenvalue weighted by Crippen LogP contribution is -2.23. The van der Waals surface area contributed by atoms with Crippen LogP contribution in [-0.4, -0.2) is 11.7 Å². The lowest BCUT2D eigenvalue weighted by molar-refractivity contribution is -0.112. The predicted octanol–water partition coefficient (Wildman–Crippen LogP) is 3.78. The Balaban J connectivity index is 2.18. The predicted molar refractivity (Wildman–Crippen MR) is 80.3 cm³/mol. The molecule has 0 aliphatic rings. The highest BCUT2D eigenvalue weighted by Crippen LogP contribution is 2.23. The molecule has 0 atom stereocenters. The summed E-state index contributed by atoms with van der Waals surface area (Å²) < 4.78 is 0. The summed E-state index contributed by atoms with van der Waals surface area (Å²) in [7, 11) is 0. The van der Waals surface area contributed by atoms with E-state index in [4.69, 9.17) is 11.6 Å². The van der Waals surface area contributed by atoms with E-state index in [1.54, 1.807) is 49.4 Å². The molecule has 102 valence electrons. The Hall–Kier alpha value is -2.13. The van der Waals surface area contributed by atoms with Crippen LogP contribution in [0.4, 0.5) is 5.69 Å². The largest absolute Gasteiger partial charge is 0.319 e. The molecule has 20 heavy (non-hydrogen) atoms. The van der Waals surface area contributed by atoms with Crippen LogP contribution in [0.5, 0.6) is 0 Å². The molecule has 0 fully saturated rings. The number of amides is 1. The number of rotatable bonds is 3. The van der Waals surface area contributed by atoms with E-state index in [9.17, 15) is 9.59 Å². The smallest absolute Gasteiger partial charge is 0.296 e. The fourth-order valence-corrected chi connectivity index (χ4v) is 1.93. The average Bonchev–Trinajstić information content (AvgIpc) is 2.44. The van der Waals surface area contributed by atoms with Gasteiger partial charge in [-0.3, -0.25) is 9.59 Å². The summed E-state index contributed by atoms with van der Waals surface area (Å²) in [6, 6.07) is 12.0. The van der Waals surface area contributed by atoms with Crippen molar-refractivity contribution in [3.63, 3.8) is 0 Å². The molecular formula is C16H14ClNO2. The van der Waals surface area contributed by atoms with Crippen molar-refractivity contribution in [1.29, 1.82) is 0 Å². The van der Waals surface area contributed by atoms with Gasteiger partial charge in [0.2, 0.25) is 0 Å². The summed E-state index contributed by atoms with van der Waals surface area (Å²) in [5.41, 5.74) is 2.68. The molecule has 3 nitrogen and oxygen atoms in total. The molecule has 2 rings (SSSR count). The Labute approximate surface area is 122 Å². The van der Waals surface area contributed by atoms with Crippen LogP contribution in [-0.2, 0) is 4.79 Å². The Morgan fingerprint density at radius 3 is 2.30 bits per heavy atom. The lowest BCUT2D eigenvalue weighted by Gasteiger charge is -2.09. The Bertz CT molecular complexity index is 663. The summed E-state index contributed by atoms with van der Waals surface area (Å²) in [5.74, 6) is -1.23. The van der Waals surface area contributed by atoms with Gasteiger partial charge in [0.15, 0.2) is 0 Å². The van der Waals surface area contributed by atoms with E-state index in [0.717, 1.165) is 11.1 Å². The van der Waals surface area contributed by atoms with Crippen LogP contribution in [0.3, 0.4) is 0 Å². The summed E-state index contributed by atoms with van der Waals surface area (Å²) in [4.78, 5) is 24.0. The first kappa shape index (κ1) is 14.3. The van der Waals surface area contributed by atoms with Crippen LogP contribution in [0.1, 0.15) is 21.5 Å². The molecule has 0 aromatic heterocycles. The van der Waals surface area contributed by atoms with Crippen molar-refractivity contribution in [2.75, 3.05) is 5.32 Å². The van der Waals surface area contributed by atoms with E-state index < -0.39 is 11.7 Å². The van der Waals surface area contributed by atoms with Crippen molar-refractivity contribution in [3.8, 4) is 0 Å². The van der Waals surface area contributed by atoms with E-state index >= 15 is 0 Å². The molecule has 0 saturated carbocycles. The van der Waals surface area contributed by atoms with E-state index in [1.807, 2.05) is 6.92 Å². The molecule has 2 aromatic rings. The van der Waals surface area contributed by atoms with Crippen LogP contribution in [0, 0.1) is 13.8 Å². The van der Waals surface area contributed by atoms with Crippen LogP contribution in [0.2, 0.25) is 5.02 Å². The van der Waals surface area contributed by atoms with Crippen LogP contribution in [0.25, 0.3) is 0 Å². The van der Waals surface area contributed by atoms with Crippen molar-refractivity contribution in [2.45, 2.75) is 13.8 Å². The number of hydrogen-bond acceptors (Lipinski definition) is 2. The first-order chi connectivity index (χ1) is 9.49. The van der Waals surface area contributed by atoms with E-state index in [1.165, 1.54) is 0 Å². The van der Waals surface area contributed by atoms with Crippen LogP contribution in [0.15, 0.2) is 42.5 Å². The van der Waals surface area contributed by atoms with Crippen LogP contribution < -0.4 is 5.32 Å². The normalized spacial score (nSPS) is 10.2. The number of Topliss-reactive ketones (excluding diaryl/α,β-unsaturated/α-hetero) is 1. The van der Waals surface area contributed by atoms with Crippen molar-refractivity contribution in [2.24, 2.45) is 0 Å². The number of carbonyl (C=O) groups excluding carboxylic acids is 2. The molecule has 0 bridgehead atoms. The molecule has 2 aromatic carbocycles. The van der Waals surface area contributed by atoms with Crippen molar-refractivity contribution < 1.29 is 9.59 Å². The molecule has 1 amide bonds. The summed E-state index contributed by atoms with van der Waals surface area (Å²) >= 11 is 5.98. The standard InChI is InChI=1S/C16H14ClNO2/c1-10-6-8-12(9-7-10)15(19)16(20)18-14-5-3-4-13(17)11(14)2/h3-9H,1-2H3,(H,18,20). The molecule has 0 aliphatic heterocycles. The molecule has 0 radical (unpaired) electrons. The third-order valence-corrected chi connectivity index (χ3v) is 3.45. The SMILES string of the molecule is Cc1ccc(C(=O)C(=O)Nc2cccc(Cl)c2C)cc1. The Kier molecular flexibility index (Phi) is 4.20. The summed E-state index contributed by atoms with van der Waals surface area (Å²) in [6.45, 7) is 3.71. The van der Waals surface area contributed by atoms with Gasteiger partial charge in [-0.25, -0.2) is 0 Å². The molecule has 0 aliphatic carbocycles. The number of anilines is 1. The lowest BCUT2D eigenvalue weighted by atomic mass is 10.1. The van der Waals surface area contributed by atoms with Crippen LogP contribution >= 0.6 is 11.6 Å². The highest BCUT2D eigenvalue weighted by atomic mass is 35.5. The second kappa shape index (κ2) is 5.88. The summed E-state index contributed by atoms with van der Waals surface area (Å²) in [5, 5.41) is 3.14. The maximum atomic E-state index is 12.0. The number of halogens is 1. The highest BCUT2D eigenvalue weighted by molar-refractivity contribution is 6.46. The molecule has 0 spiro atoms. The molecular weight excluding hydrogens is 274 g/mol. The molecule has 1 N–H and O–H groups in total. The molecule has 4 heteroatoms. The number of carbonyl (C=O) groups is 2. The Morgan fingerprint density at radius 2 is 1.65 bits per heavy atom. The first-order valence-corrected chi connectivity index (χ1v) is 6.54. The number of nitrogens with one attached hydrogen (secondary N) is 1. The Morgan fingerprint density at radius 1 is 1.00 bits per heavy atom. The minimum atomic E-state index is -0.667. The number of aryl methyl sites for hydroxylation is 1. The minimum Gasteiger partial charge on any atom is -0.319 e. The maximum Gasteiger partial charge on any atom is 0.296 e. The van der Waals surface area contributed by atoms with Gasteiger partial charge in [0.05, 0.1) is 0 Å². The van der Waals surface area contributed by atoms with Gasteiger partial charge in [-0.05, 0) is 31.5 Å². The molecule has 0 heterocycles. The van der Waals surface area contributed by atoms with Gasteiger partial charge in [-0.2, -0.15) is 0 Å². The second-order valence-corrected chi connectivity index (χ2v) is 4.97. The topological polar surface area (TPSA) is 46.2 Å². The van der Waals surface area contributed by atoms with Gasteiger partial charge in [0.25, 0.3) is 11.7 Å². The van der Waals surface area contributed by atoms with E-state index in [0.29, 0.717) is 16.3 Å². The molecule has 0 saturated heterocycles. The number of ketones is 1. The van der Waals surface area contributed by atoms with Crippen molar-refractivity contribution in [3.05, 3.63) is 64.2 Å². The number of hydrogen-bond donors (Lipinski definition) is 1. The fourth-order valence-electron chi connectivity index (χ4n) is 1.76. The zero-order valence-corrected chi connectivity index (χ0v) is 12.0. The van der Waals surface area contributed by atoms with E-state index in [2.05, 4.69) is 5.32 Å². The fraction of sp³-hybridized carbons (Fsp3) is 0.125. The zero-order chi connectivity index (χ0) is 14.7. The van der Waals surface area contributed by atoms with Gasteiger partial charge >= 0.3 is 0 Å². The van der Waals surface area contributed by atoms with Gasteiger partial charge < -0.3 is 5.32 Å². The quantitative estimate of drug-likeness (QED) is 0.690. The van der Waals surface area contributed by atoms with Gasteiger partial charge in [-0.15, -0.1) is 0 Å². The average molecular weight is 288 g/mol. The zero-order valence-electron chi connectivity index (χ0n) is 11.2. The van der Waals surface area contributed by atoms with Gasteiger partial charge in [-0.1, -0.05) is 47.5 Å².